The Morgan fingerprint density at radius 1 is 1.31 bits per heavy atom. The molecule has 0 atom stereocenters. The fraction of sp³-hybridized carbons (Fsp3) is 0.353. The molecule has 12 heteroatoms. The Hall–Kier alpha value is -2.89. The third kappa shape index (κ3) is 5.79. The number of hydrogen-bond acceptors (Lipinski definition) is 5. The SMILES string of the molecule is O=C(/C=C/c1ccc(OC(F)F)cc1OC(F)F)NCc1n[nH]c(=S)n1C1CC1. The molecule has 0 saturated heterocycles. The van der Waals surface area contributed by atoms with E-state index in [2.05, 4.69) is 25.0 Å². The highest BCUT2D eigenvalue weighted by molar-refractivity contribution is 7.71. The lowest BCUT2D eigenvalue weighted by Gasteiger charge is -2.11. The number of ether oxygens (including phenoxy) is 2. The molecule has 1 fully saturated rings. The normalized spacial score (nSPS) is 14.0. The minimum Gasteiger partial charge on any atom is -0.435 e. The Kier molecular flexibility index (Phi) is 6.52. The molecule has 1 saturated carbocycles. The van der Waals surface area contributed by atoms with E-state index < -0.39 is 24.9 Å². The molecule has 3 rings (SSSR count). The topological polar surface area (TPSA) is 81.2 Å². The number of aromatic nitrogens is 3. The average molecular weight is 432 g/mol. The Morgan fingerprint density at radius 3 is 2.69 bits per heavy atom. The van der Waals surface area contributed by atoms with Gasteiger partial charge in [-0.05, 0) is 43.3 Å². The van der Waals surface area contributed by atoms with Gasteiger partial charge in [0.05, 0.1) is 6.54 Å². The fourth-order valence-corrected chi connectivity index (χ4v) is 2.89. The lowest BCUT2D eigenvalue weighted by molar-refractivity contribution is -0.116. The number of nitrogens with one attached hydrogen (secondary N) is 2. The first-order valence-electron chi connectivity index (χ1n) is 8.49. The van der Waals surface area contributed by atoms with Gasteiger partial charge in [-0.15, -0.1) is 0 Å². The number of hydrogen-bond donors (Lipinski definition) is 2. The van der Waals surface area contributed by atoms with Crippen LogP contribution in [0.4, 0.5) is 17.6 Å². The number of amides is 1. The Bertz CT molecular complexity index is 956. The van der Waals surface area contributed by atoms with E-state index in [1.165, 1.54) is 12.1 Å². The maximum Gasteiger partial charge on any atom is 0.387 e. The van der Waals surface area contributed by atoms with Crippen molar-refractivity contribution in [2.45, 2.75) is 38.7 Å². The van der Waals surface area contributed by atoms with Crippen molar-refractivity contribution in [3.63, 3.8) is 0 Å². The van der Waals surface area contributed by atoms with Crippen LogP contribution in [-0.4, -0.2) is 33.9 Å². The number of benzene rings is 1. The van der Waals surface area contributed by atoms with Crippen LogP contribution in [0.5, 0.6) is 11.5 Å². The fourth-order valence-electron chi connectivity index (χ4n) is 2.59. The minimum absolute atomic E-state index is 0.0859. The summed E-state index contributed by atoms with van der Waals surface area (Å²) in [7, 11) is 0. The van der Waals surface area contributed by atoms with Crippen LogP contribution < -0.4 is 14.8 Å². The summed E-state index contributed by atoms with van der Waals surface area (Å²) in [4.78, 5) is 12.1. The zero-order chi connectivity index (χ0) is 21.0. The van der Waals surface area contributed by atoms with Gasteiger partial charge in [0, 0.05) is 23.7 Å². The van der Waals surface area contributed by atoms with Gasteiger partial charge in [-0.1, -0.05) is 0 Å². The van der Waals surface area contributed by atoms with Crippen LogP contribution in [0.3, 0.4) is 0 Å². The van der Waals surface area contributed by atoms with Crippen LogP contribution in [0.25, 0.3) is 6.08 Å². The van der Waals surface area contributed by atoms with Crippen molar-refractivity contribution in [3.05, 3.63) is 40.4 Å². The van der Waals surface area contributed by atoms with Gasteiger partial charge < -0.3 is 14.8 Å². The van der Waals surface area contributed by atoms with Crippen LogP contribution in [-0.2, 0) is 11.3 Å². The van der Waals surface area contributed by atoms with Gasteiger partial charge in [-0.3, -0.25) is 14.5 Å². The molecule has 1 aromatic carbocycles. The van der Waals surface area contributed by atoms with Crippen LogP contribution in [0, 0.1) is 4.77 Å². The summed E-state index contributed by atoms with van der Waals surface area (Å²) in [5, 5.41) is 9.37. The van der Waals surface area contributed by atoms with Gasteiger partial charge in [-0.2, -0.15) is 22.7 Å². The molecule has 1 aromatic heterocycles. The largest absolute Gasteiger partial charge is 0.435 e. The van der Waals surface area contributed by atoms with Crippen LogP contribution in [0.1, 0.15) is 30.3 Å². The lowest BCUT2D eigenvalue weighted by atomic mass is 10.1. The minimum atomic E-state index is -3.18. The third-order valence-electron chi connectivity index (χ3n) is 3.95. The van der Waals surface area contributed by atoms with E-state index in [1.807, 2.05) is 4.57 Å². The molecular formula is C17H16F4N4O3S. The quantitative estimate of drug-likeness (QED) is 0.358. The third-order valence-corrected chi connectivity index (χ3v) is 4.24. The molecule has 0 unspecified atom stereocenters. The Balaban J connectivity index is 1.66. The number of carbonyl (C=O) groups is 1. The molecule has 156 valence electrons. The first-order valence-corrected chi connectivity index (χ1v) is 8.89. The average Bonchev–Trinajstić information content (AvgIpc) is 3.41. The second-order valence-electron chi connectivity index (χ2n) is 6.05. The second-order valence-corrected chi connectivity index (χ2v) is 6.44. The number of rotatable bonds is 9. The summed E-state index contributed by atoms with van der Waals surface area (Å²) in [5.74, 6) is -0.691. The van der Waals surface area contributed by atoms with Gasteiger partial charge in [0.1, 0.15) is 11.5 Å². The molecule has 1 amide bonds. The first-order chi connectivity index (χ1) is 13.8. The standard InChI is InChI=1S/C17H16F4N4O3S/c18-15(19)27-11-5-1-9(12(7-11)28-16(20)21)2-6-14(26)22-8-13-23-24-17(29)25(13)10-3-4-10/h1-2,5-7,10,15-16H,3-4,8H2,(H,22,26)(H,24,29)/b6-2+. The van der Waals surface area contributed by atoms with Crippen LogP contribution in [0.2, 0.25) is 0 Å². The predicted molar refractivity (Wildman–Crippen MR) is 96.3 cm³/mol. The molecule has 0 spiro atoms. The van der Waals surface area contributed by atoms with E-state index >= 15 is 0 Å². The maximum absolute atomic E-state index is 12.6. The highest BCUT2D eigenvalue weighted by Crippen LogP contribution is 2.35. The highest BCUT2D eigenvalue weighted by Gasteiger charge is 2.27. The molecule has 0 aliphatic heterocycles. The number of H-pyrrole nitrogens is 1. The van der Waals surface area contributed by atoms with Crippen molar-refractivity contribution >= 4 is 24.2 Å². The maximum atomic E-state index is 12.6. The number of aromatic amines is 1. The van der Waals surface area contributed by atoms with Crippen molar-refractivity contribution < 1.29 is 31.8 Å². The van der Waals surface area contributed by atoms with Gasteiger partial charge in [0.2, 0.25) is 5.91 Å². The van der Waals surface area contributed by atoms with Crippen molar-refractivity contribution in [1.29, 1.82) is 0 Å². The summed E-state index contributed by atoms with van der Waals surface area (Å²) < 4.78 is 60.5. The van der Waals surface area contributed by atoms with E-state index in [9.17, 15) is 22.4 Å². The van der Waals surface area contributed by atoms with Crippen molar-refractivity contribution in [2.75, 3.05) is 0 Å². The Labute approximate surface area is 167 Å². The van der Waals surface area contributed by atoms with E-state index in [0.717, 1.165) is 31.1 Å². The predicted octanol–water partition coefficient (Wildman–Crippen LogP) is 3.81. The highest BCUT2D eigenvalue weighted by atomic mass is 32.1. The lowest BCUT2D eigenvalue weighted by Crippen LogP contribution is -2.22. The molecule has 2 N–H and O–H groups in total. The first kappa shape index (κ1) is 20.8. The van der Waals surface area contributed by atoms with Crippen molar-refractivity contribution in [3.8, 4) is 11.5 Å². The van der Waals surface area contributed by atoms with Gasteiger partial charge >= 0.3 is 13.2 Å². The molecule has 1 heterocycles. The molecule has 2 aromatic rings. The molecule has 1 aliphatic rings. The molecule has 0 bridgehead atoms. The number of nitrogens with zero attached hydrogens (tertiary/aromatic N) is 2. The molecule has 29 heavy (non-hydrogen) atoms. The van der Waals surface area contributed by atoms with Gasteiger partial charge in [0.25, 0.3) is 0 Å². The van der Waals surface area contributed by atoms with Crippen LogP contribution >= 0.6 is 12.2 Å². The summed E-state index contributed by atoms with van der Waals surface area (Å²) in [6, 6.07) is 3.54. The Morgan fingerprint density at radius 2 is 2.03 bits per heavy atom. The van der Waals surface area contributed by atoms with E-state index in [-0.39, 0.29) is 23.9 Å². The molecule has 7 nitrogen and oxygen atoms in total. The summed E-state index contributed by atoms with van der Waals surface area (Å²) in [5.41, 5.74) is 0.0859. The van der Waals surface area contributed by atoms with Crippen molar-refractivity contribution in [2.24, 2.45) is 0 Å². The van der Waals surface area contributed by atoms with E-state index in [4.69, 9.17) is 12.2 Å². The smallest absolute Gasteiger partial charge is 0.387 e. The van der Waals surface area contributed by atoms with E-state index in [1.54, 1.807) is 0 Å². The van der Waals surface area contributed by atoms with Gasteiger partial charge in [0.15, 0.2) is 10.6 Å². The summed E-state index contributed by atoms with van der Waals surface area (Å²) in [6.45, 7) is -6.17. The van der Waals surface area contributed by atoms with Crippen LogP contribution in [0.15, 0.2) is 24.3 Å². The second kappa shape index (κ2) is 9.07. The zero-order valence-corrected chi connectivity index (χ0v) is 15.6. The number of carbonyl (C=O) groups excluding carboxylic acids is 1. The number of alkyl halides is 4. The van der Waals surface area contributed by atoms with E-state index in [0.29, 0.717) is 10.6 Å². The van der Waals surface area contributed by atoms with Gasteiger partial charge in [-0.25, -0.2) is 0 Å². The zero-order valence-electron chi connectivity index (χ0n) is 14.8. The van der Waals surface area contributed by atoms with Crippen molar-refractivity contribution in [1.82, 2.24) is 20.1 Å². The summed E-state index contributed by atoms with van der Waals surface area (Å²) in [6.07, 6.45) is 4.31. The monoisotopic (exact) mass is 432 g/mol. The molecule has 1 aliphatic carbocycles. The number of halogens is 4. The summed E-state index contributed by atoms with van der Waals surface area (Å²) >= 11 is 5.16. The molecular weight excluding hydrogens is 416 g/mol. The molecule has 0 radical (unpaired) electrons.